The van der Waals surface area contributed by atoms with Crippen molar-refractivity contribution >= 4 is 11.9 Å². The zero-order chi connectivity index (χ0) is 18.2. The molecule has 0 aliphatic carbocycles. The van der Waals surface area contributed by atoms with E-state index in [4.69, 9.17) is 9.47 Å². The normalized spacial score (nSPS) is 12.5. The molecule has 2 N–H and O–H groups in total. The van der Waals surface area contributed by atoms with Crippen LogP contribution in [0.2, 0.25) is 0 Å². The van der Waals surface area contributed by atoms with Crippen LogP contribution in [0, 0.1) is 0 Å². The lowest BCUT2D eigenvalue weighted by atomic mass is 10.1. The topological polar surface area (TPSA) is 84.9 Å². The van der Waals surface area contributed by atoms with Crippen molar-refractivity contribution in [1.82, 2.24) is 5.32 Å². The zero-order valence-corrected chi connectivity index (χ0v) is 14.8. The van der Waals surface area contributed by atoms with E-state index in [1.54, 1.807) is 12.1 Å². The molecule has 0 heterocycles. The number of amides is 1. The maximum Gasteiger partial charge on any atom is 0.326 e. The van der Waals surface area contributed by atoms with Crippen molar-refractivity contribution < 1.29 is 24.2 Å². The van der Waals surface area contributed by atoms with E-state index in [1.165, 1.54) is 5.56 Å². The van der Waals surface area contributed by atoms with Gasteiger partial charge in [0.05, 0.1) is 5.60 Å². The van der Waals surface area contributed by atoms with Crippen molar-refractivity contribution in [2.75, 3.05) is 13.2 Å². The lowest BCUT2D eigenvalue weighted by Crippen LogP contribution is -2.44. The summed E-state index contributed by atoms with van der Waals surface area (Å²) in [5.41, 5.74) is 0.831. The smallest absolute Gasteiger partial charge is 0.326 e. The van der Waals surface area contributed by atoms with Gasteiger partial charge in [0.25, 0.3) is 5.91 Å². The van der Waals surface area contributed by atoms with Gasteiger partial charge < -0.3 is 19.9 Å². The Morgan fingerprint density at radius 3 is 2.33 bits per heavy atom. The van der Waals surface area contributed by atoms with Gasteiger partial charge >= 0.3 is 5.97 Å². The molecule has 24 heavy (non-hydrogen) atoms. The number of hydrogen-bond acceptors (Lipinski definition) is 4. The number of carbonyl (C=O) groups excluding carboxylic acids is 1. The molecular weight excluding hydrogens is 310 g/mol. The van der Waals surface area contributed by atoms with Crippen LogP contribution in [0.3, 0.4) is 0 Å². The van der Waals surface area contributed by atoms with E-state index in [0.717, 1.165) is 6.42 Å². The molecule has 1 aromatic carbocycles. The van der Waals surface area contributed by atoms with Crippen LogP contribution in [-0.2, 0) is 20.7 Å². The maximum atomic E-state index is 11.9. The first kappa shape index (κ1) is 20.0. The van der Waals surface area contributed by atoms with Gasteiger partial charge in [0.1, 0.15) is 11.8 Å². The highest BCUT2D eigenvalue weighted by Crippen LogP contribution is 2.12. The number of aliphatic carboxylic acids is 1. The third-order valence-corrected chi connectivity index (χ3v) is 3.28. The first-order valence-corrected chi connectivity index (χ1v) is 8.09. The molecule has 1 rings (SSSR count). The van der Waals surface area contributed by atoms with Crippen LogP contribution >= 0.6 is 0 Å². The third kappa shape index (κ3) is 7.97. The molecule has 1 aromatic rings. The largest absolute Gasteiger partial charge is 0.484 e. The number of ether oxygens (including phenoxy) is 2. The van der Waals surface area contributed by atoms with Gasteiger partial charge in [-0.3, -0.25) is 4.79 Å². The third-order valence-electron chi connectivity index (χ3n) is 3.28. The highest BCUT2D eigenvalue weighted by Gasteiger charge is 2.21. The number of carboxylic acids is 1. The Balaban J connectivity index is 2.42. The Bertz CT molecular complexity index is 533. The summed E-state index contributed by atoms with van der Waals surface area (Å²) in [4.78, 5) is 23.1. The second-order valence-corrected chi connectivity index (χ2v) is 6.49. The second kappa shape index (κ2) is 9.27. The van der Waals surface area contributed by atoms with Gasteiger partial charge in [0.15, 0.2) is 6.61 Å². The molecular formula is C18H27NO5. The molecule has 134 valence electrons. The van der Waals surface area contributed by atoms with Crippen LogP contribution in [0.25, 0.3) is 0 Å². The number of carbonyl (C=O) groups is 2. The van der Waals surface area contributed by atoms with Crippen molar-refractivity contribution in [2.24, 2.45) is 0 Å². The average Bonchev–Trinajstić information content (AvgIpc) is 2.51. The quantitative estimate of drug-likeness (QED) is 0.723. The summed E-state index contributed by atoms with van der Waals surface area (Å²) in [5, 5.41) is 11.6. The van der Waals surface area contributed by atoms with Gasteiger partial charge in [0.2, 0.25) is 0 Å². The maximum absolute atomic E-state index is 11.9. The predicted molar refractivity (Wildman–Crippen MR) is 91.2 cm³/mol. The average molecular weight is 337 g/mol. The van der Waals surface area contributed by atoms with Gasteiger partial charge in [-0.05, 0) is 44.9 Å². The van der Waals surface area contributed by atoms with E-state index < -0.39 is 17.9 Å². The molecule has 0 radical (unpaired) electrons. The summed E-state index contributed by atoms with van der Waals surface area (Å²) in [5.74, 6) is -0.990. The molecule has 0 bridgehead atoms. The van der Waals surface area contributed by atoms with Crippen molar-refractivity contribution in [1.29, 1.82) is 0 Å². The van der Waals surface area contributed by atoms with Crippen LogP contribution in [0.4, 0.5) is 0 Å². The van der Waals surface area contributed by atoms with E-state index in [2.05, 4.69) is 12.2 Å². The van der Waals surface area contributed by atoms with Gasteiger partial charge in [-0.1, -0.05) is 19.1 Å². The van der Waals surface area contributed by atoms with Gasteiger partial charge in [-0.25, -0.2) is 4.79 Å². The number of carboxylic acid groups (broad SMARTS) is 1. The monoisotopic (exact) mass is 337 g/mol. The molecule has 6 heteroatoms. The Hall–Kier alpha value is -2.08. The minimum absolute atomic E-state index is 0.198. The van der Waals surface area contributed by atoms with Gasteiger partial charge in [-0.2, -0.15) is 0 Å². The summed E-state index contributed by atoms with van der Waals surface area (Å²) in [6, 6.07) is 6.44. The highest BCUT2D eigenvalue weighted by atomic mass is 16.5. The molecule has 0 spiro atoms. The lowest BCUT2D eigenvalue weighted by Gasteiger charge is -2.21. The Kier molecular flexibility index (Phi) is 7.71. The lowest BCUT2D eigenvalue weighted by molar-refractivity contribution is -0.143. The fraction of sp³-hybridized carbons (Fsp3) is 0.556. The van der Waals surface area contributed by atoms with Gasteiger partial charge in [-0.15, -0.1) is 0 Å². The summed E-state index contributed by atoms with van der Waals surface area (Å²) in [7, 11) is 0. The number of hydrogen-bond donors (Lipinski definition) is 2. The van der Waals surface area contributed by atoms with Crippen LogP contribution < -0.4 is 10.1 Å². The molecule has 0 saturated heterocycles. The minimum atomic E-state index is -1.09. The van der Waals surface area contributed by atoms with E-state index >= 15 is 0 Å². The molecule has 0 fully saturated rings. The van der Waals surface area contributed by atoms with Gasteiger partial charge in [0, 0.05) is 13.0 Å². The Labute approximate surface area is 143 Å². The van der Waals surface area contributed by atoms with E-state index in [-0.39, 0.29) is 25.2 Å². The molecule has 0 aromatic heterocycles. The zero-order valence-electron chi connectivity index (χ0n) is 14.8. The van der Waals surface area contributed by atoms with E-state index in [1.807, 2.05) is 32.9 Å². The van der Waals surface area contributed by atoms with Crippen molar-refractivity contribution in [3.05, 3.63) is 29.8 Å². The van der Waals surface area contributed by atoms with E-state index in [0.29, 0.717) is 5.75 Å². The van der Waals surface area contributed by atoms with Crippen molar-refractivity contribution in [2.45, 2.75) is 52.2 Å². The summed E-state index contributed by atoms with van der Waals surface area (Å²) in [6.45, 7) is 7.74. The Morgan fingerprint density at radius 1 is 1.21 bits per heavy atom. The molecule has 0 saturated carbocycles. The standard InChI is InChI=1S/C18H27NO5/c1-5-13-6-8-14(9-7-13)23-12-16(20)19-15(17(21)22)10-11-24-18(2,3)4/h6-9,15H,5,10-12H2,1-4H3,(H,19,20)(H,21,22). The van der Waals surface area contributed by atoms with Crippen molar-refractivity contribution in [3.8, 4) is 5.75 Å². The Morgan fingerprint density at radius 2 is 1.83 bits per heavy atom. The van der Waals surface area contributed by atoms with Crippen LogP contribution in [0.1, 0.15) is 39.7 Å². The molecule has 6 nitrogen and oxygen atoms in total. The predicted octanol–water partition coefficient (Wildman–Crippen LogP) is 2.40. The van der Waals surface area contributed by atoms with E-state index in [9.17, 15) is 14.7 Å². The molecule has 0 aliphatic heterocycles. The minimum Gasteiger partial charge on any atom is -0.484 e. The summed E-state index contributed by atoms with van der Waals surface area (Å²) >= 11 is 0. The molecule has 1 amide bonds. The number of nitrogens with one attached hydrogen (secondary N) is 1. The number of rotatable bonds is 9. The van der Waals surface area contributed by atoms with Crippen molar-refractivity contribution in [3.63, 3.8) is 0 Å². The number of aryl methyl sites for hydroxylation is 1. The first-order chi connectivity index (χ1) is 11.2. The number of benzene rings is 1. The summed E-state index contributed by atoms with van der Waals surface area (Å²) < 4.78 is 10.9. The van der Waals surface area contributed by atoms with Crippen LogP contribution in [0.5, 0.6) is 5.75 Å². The fourth-order valence-electron chi connectivity index (χ4n) is 1.95. The molecule has 1 unspecified atom stereocenters. The SMILES string of the molecule is CCc1ccc(OCC(=O)NC(CCOC(C)(C)C)C(=O)O)cc1. The molecule has 1 atom stereocenters. The second-order valence-electron chi connectivity index (χ2n) is 6.49. The molecule has 0 aliphatic rings. The van der Waals surface area contributed by atoms with Crippen LogP contribution in [0.15, 0.2) is 24.3 Å². The fourth-order valence-corrected chi connectivity index (χ4v) is 1.95. The van der Waals surface area contributed by atoms with Crippen LogP contribution in [-0.4, -0.2) is 41.8 Å². The first-order valence-electron chi connectivity index (χ1n) is 8.09. The summed E-state index contributed by atoms with van der Waals surface area (Å²) in [6.07, 6.45) is 1.13. The highest BCUT2D eigenvalue weighted by molar-refractivity contribution is 5.84.